The Morgan fingerprint density at radius 3 is 2.50 bits per heavy atom. The lowest BCUT2D eigenvalue weighted by Crippen LogP contribution is -2.51. The number of ether oxygens (including phenoxy) is 4. The number of benzene rings is 2. The van der Waals surface area contributed by atoms with Gasteiger partial charge in [-0.2, -0.15) is 0 Å². The number of carbonyl (C=O) groups is 1. The highest BCUT2D eigenvalue weighted by Crippen LogP contribution is 2.32. The molecule has 0 saturated carbocycles. The summed E-state index contributed by atoms with van der Waals surface area (Å²) in [6, 6.07) is 13.4. The zero-order chi connectivity index (χ0) is 20.8. The molecule has 1 N–H and O–H groups in total. The first kappa shape index (κ1) is 20.2. The van der Waals surface area contributed by atoms with Crippen molar-refractivity contribution in [1.29, 1.82) is 0 Å². The Bertz CT molecular complexity index is 868. The minimum absolute atomic E-state index is 0.0976. The van der Waals surface area contributed by atoms with Crippen LogP contribution in [0.4, 0.5) is 4.79 Å². The van der Waals surface area contributed by atoms with E-state index in [9.17, 15) is 4.79 Å². The van der Waals surface area contributed by atoms with Crippen molar-refractivity contribution in [3.8, 4) is 23.0 Å². The summed E-state index contributed by atoms with van der Waals surface area (Å²) in [6.45, 7) is 6.66. The standard InChI is InChI=1S/C22H27N3O5/c1-2-27-18-5-3-4-6-19(18)28-15-23-22(26)25-11-9-24(10-12-25)14-17-7-8-20-21(13-17)30-16-29-20/h3-8,13H,2,9-12,14-16H2,1H3,(H,23,26). The number of rotatable bonds is 7. The number of fused-ring (bicyclic) bond motifs is 1. The zero-order valence-corrected chi connectivity index (χ0v) is 17.1. The third kappa shape index (κ3) is 4.88. The Kier molecular flexibility index (Phi) is 6.44. The second-order valence-corrected chi connectivity index (χ2v) is 7.10. The third-order valence-electron chi connectivity index (χ3n) is 5.10. The molecule has 8 nitrogen and oxygen atoms in total. The van der Waals surface area contributed by atoms with Crippen LogP contribution in [0.15, 0.2) is 42.5 Å². The van der Waals surface area contributed by atoms with Crippen LogP contribution < -0.4 is 24.3 Å². The van der Waals surface area contributed by atoms with E-state index in [-0.39, 0.29) is 19.6 Å². The molecule has 0 radical (unpaired) electrons. The minimum Gasteiger partial charge on any atom is -0.490 e. The Labute approximate surface area is 176 Å². The summed E-state index contributed by atoms with van der Waals surface area (Å²) in [5, 5.41) is 2.82. The van der Waals surface area contributed by atoms with E-state index in [1.54, 1.807) is 0 Å². The first-order chi connectivity index (χ1) is 14.7. The Balaban J connectivity index is 1.20. The lowest BCUT2D eigenvalue weighted by atomic mass is 10.1. The van der Waals surface area contributed by atoms with Crippen molar-refractivity contribution in [3.63, 3.8) is 0 Å². The fourth-order valence-electron chi connectivity index (χ4n) is 3.54. The molecular weight excluding hydrogens is 386 g/mol. The fraction of sp³-hybridized carbons (Fsp3) is 0.409. The van der Waals surface area contributed by atoms with Gasteiger partial charge < -0.3 is 29.2 Å². The van der Waals surface area contributed by atoms with Crippen LogP contribution in [0.25, 0.3) is 0 Å². The quantitative estimate of drug-likeness (QED) is 0.704. The number of hydrogen-bond donors (Lipinski definition) is 1. The highest BCUT2D eigenvalue weighted by molar-refractivity contribution is 5.74. The van der Waals surface area contributed by atoms with Crippen LogP contribution in [0.2, 0.25) is 0 Å². The SMILES string of the molecule is CCOc1ccccc1OCNC(=O)N1CCN(Cc2ccc3c(c2)OCO3)CC1. The van der Waals surface area contributed by atoms with Gasteiger partial charge in [0.1, 0.15) is 0 Å². The minimum atomic E-state index is -0.119. The summed E-state index contributed by atoms with van der Waals surface area (Å²) in [6.07, 6.45) is 0. The van der Waals surface area contributed by atoms with Gasteiger partial charge in [-0.25, -0.2) is 4.79 Å². The molecule has 4 rings (SSSR count). The van der Waals surface area contributed by atoms with E-state index in [2.05, 4.69) is 16.3 Å². The maximum Gasteiger partial charge on any atom is 0.320 e. The lowest BCUT2D eigenvalue weighted by molar-refractivity contribution is 0.130. The molecule has 0 atom stereocenters. The molecule has 160 valence electrons. The van der Waals surface area contributed by atoms with Crippen LogP contribution in [-0.2, 0) is 6.54 Å². The maximum absolute atomic E-state index is 12.4. The zero-order valence-electron chi connectivity index (χ0n) is 17.1. The van der Waals surface area contributed by atoms with Crippen LogP contribution in [-0.4, -0.2) is 62.1 Å². The van der Waals surface area contributed by atoms with Crippen molar-refractivity contribution in [3.05, 3.63) is 48.0 Å². The van der Waals surface area contributed by atoms with Gasteiger partial charge in [0.05, 0.1) is 6.61 Å². The summed E-state index contributed by atoms with van der Waals surface area (Å²) < 4.78 is 22.0. The fourth-order valence-corrected chi connectivity index (χ4v) is 3.54. The molecule has 0 spiro atoms. The van der Waals surface area contributed by atoms with Crippen molar-refractivity contribution < 1.29 is 23.7 Å². The highest BCUT2D eigenvalue weighted by Gasteiger charge is 2.22. The number of urea groups is 1. The molecule has 2 aliphatic rings. The lowest BCUT2D eigenvalue weighted by Gasteiger charge is -2.34. The molecule has 8 heteroatoms. The number of amides is 2. The summed E-state index contributed by atoms with van der Waals surface area (Å²) in [7, 11) is 0. The summed E-state index contributed by atoms with van der Waals surface area (Å²) >= 11 is 0. The first-order valence-corrected chi connectivity index (χ1v) is 10.2. The van der Waals surface area contributed by atoms with Gasteiger partial charge in [0.15, 0.2) is 29.7 Å². The monoisotopic (exact) mass is 413 g/mol. The normalized spacial score (nSPS) is 15.7. The number of nitrogens with one attached hydrogen (secondary N) is 1. The van der Waals surface area contributed by atoms with Crippen LogP contribution in [0.3, 0.4) is 0 Å². The molecule has 0 bridgehead atoms. The van der Waals surface area contributed by atoms with Gasteiger partial charge in [0, 0.05) is 32.7 Å². The number of carbonyl (C=O) groups excluding carboxylic acids is 1. The van der Waals surface area contributed by atoms with Gasteiger partial charge in [-0.15, -0.1) is 0 Å². The van der Waals surface area contributed by atoms with Crippen LogP contribution in [0.5, 0.6) is 23.0 Å². The topological polar surface area (TPSA) is 72.5 Å². The maximum atomic E-state index is 12.4. The van der Waals surface area contributed by atoms with E-state index in [1.807, 2.05) is 48.2 Å². The average Bonchev–Trinajstić information content (AvgIpc) is 3.23. The number of nitrogens with zero attached hydrogens (tertiary/aromatic N) is 2. The number of para-hydroxylation sites is 2. The van der Waals surface area contributed by atoms with Crippen molar-refractivity contribution in [1.82, 2.24) is 15.1 Å². The van der Waals surface area contributed by atoms with Crippen LogP contribution >= 0.6 is 0 Å². The van der Waals surface area contributed by atoms with E-state index in [4.69, 9.17) is 18.9 Å². The second-order valence-electron chi connectivity index (χ2n) is 7.10. The summed E-state index contributed by atoms with van der Waals surface area (Å²) in [5.74, 6) is 2.89. The molecule has 0 unspecified atom stereocenters. The first-order valence-electron chi connectivity index (χ1n) is 10.2. The smallest absolute Gasteiger partial charge is 0.320 e. The summed E-state index contributed by atoms with van der Waals surface area (Å²) in [5.41, 5.74) is 1.18. The van der Waals surface area contributed by atoms with Gasteiger partial charge >= 0.3 is 6.03 Å². The van der Waals surface area contributed by atoms with Crippen molar-refractivity contribution in [2.24, 2.45) is 0 Å². The molecule has 2 heterocycles. The van der Waals surface area contributed by atoms with Crippen molar-refractivity contribution in [2.45, 2.75) is 13.5 Å². The molecule has 30 heavy (non-hydrogen) atoms. The average molecular weight is 413 g/mol. The van der Waals surface area contributed by atoms with Gasteiger partial charge in [-0.1, -0.05) is 18.2 Å². The third-order valence-corrected chi connectivity index (χ3v) is 5.10. The molecule has 1 saturated heterocycles. The van der Waals surface area contributed by atoms with Gasteiger partial charge in [-0.3, -0.25) is 4.90 Å². The van der Waals surface area contributed by atoms with Crippen LogP contribution in [0, 0.1) is 0 Å². The van der Waals surface area contributed by atoms with E-state index < -0.39 is 0 Å². The highest BCUT2D eigenvalue weighted by atomic mass is 16.7. The number of piperazine rings is 1. The van der Waals surface area contributed by atoms with Crippen molar-refractivity contribution in [2.75, 3.05) is 46.3 Å². The van der Waals surface area contributed by atoms with Gasteiger partial charge in [-0.05, 0) is 36.8 Å². The Hall–Kier alpha value is -3.13. The molecule has 0 aliphatic carbocycles. The molecule has 2 aliphatic heterocycles. The Morgan fingerprint density at radius 1 is 1.00 bits per heavy atom. The largest absolute Gasteiger partial charge is 0.490 e. The Morgan fingerprint density at radius 2 is 1.73 bits per heavy atom. The van der Waals surface area contributed by atoms with E-state index >= 15 is 0 Å². The molecule has 2 amide bonds. The predicted molar refractivity (Wildman–Crippen MR) is 111 cm³/mol. The van der Waals surface area contributed by atoms with Crippen molar-refractivity contribution >= 4 is 6.03 Å². The molecule has 2 aromatic rings. The predicted octanol–water partition coefficient (Wildman–Crippen LogP) is 2.68. The van der Waals surface area contributed by atoms with E-state index in [0.29, 0.717) is 31.2 Å². The van der Waals surface area contributed by atoms with Crippen LogP contribution in [0.1, 0.15) is 12.5 Å². The van der Waals surface area contributed by atoms with Gasteiger partial charge in [0.25, 0.3) is 0 Å². The second kappa shape index (κ2) is 9.58. The molecule has 1 fully saturated rings. The van der Waals surface area contributed by atoms with E-state index in [1.165, 1.54) is 5.56 Å². The van der Waals surface area contributed by atoms with E-state index in [0.717, 1.165) is 31.1 Å². The molecule has 2 aromatic carbocycles. The number of hydrogen-bond acceptors (Lipinski definition) is 6. The summed E-state index contributed by atoms with van der Waals surface area (Å²) in [4.78, 5) is 16.6. The molecular formula is C22H27N3O5. The molecule has 0 aromatic heterocycles. The van der Waals surface area contributed by atoms with Gasteiger partial charge in [0.2, 0.25) is 6.79 Å².